The van der Waals surface area contributed by atoms with Gasteiger partial charge in [0, 0.05) is 12.5 Å². The van der Waals surface area contributed by atoms with Gasteiger partial charge in [0.2, 0.25) is 11.8 Å². The molecule has 1 atom stereocenters. The van der Waals surface area contributed by atoms with Crippen LogP contribution in [0.15, 0.2) is 18.2 Å². The zero-order chi connectivity index (χ0) is 22.6. The van der Waals surface area contributed by atoms with E-state index in [0.717, 1.165) is 12.8 Å². The third-order valence-corrected chi connectivity index (χ3v) is 7.44. The normalized spacial score (nSPS) is 17.5. The Bertz CT molecular complexity index is 962. The highest BCUT2D eigenvalue weighted by atomic mass is 32.2. The highest BCUT2D eigenvalue weighted by molar-refractivity contribution is 7.91. The van der Waals surface area contributed by atoms with E-state index in [1.165, 1.54) is 17.0 Å². The van der Waals surface area contributed by atoms with Crippen molar-refractivity contribution < 1.29 is 27.2 Å². The topological polar surface area (TPSA) is 113 Å². The third-order valence-electron chi connectivity index (χ3n) is 5.52. The van der Waals surface area contributed by atoms with Gasteiger partial charge < -0.3 is 10.2 Å². The summed E-state index contributed by atoms with van der Waals surface area (Å²) in [6.45, 7) is 2.23. The molecule has 2 N–H and O–H groups in total. The van der Waals surface area contributed by atoms with Gasteiger partial charge in [-0.1, -0.05) is 19.4 Å². The lowest BCUT2D eigenvalue weighted by molar-refractivity contribution is -0.118. The minimum atomic E-state index is -3.33. The van der Waals surface area contributed by atoms with Crippen molar-refractivity contribution in [3.05, 3.63) is 29.6 Å². The second-order valence-electron chi connectivity index (χ2n) is 8.35. The number of imide groups is 1. The van der Waals surface area contributed by atoms with Crippen LogP contribution in [-0.4, -0.2) is 55.8 Å². The number of urea groups is 1. The molecule has 4 amide bonds. The summed E-state index contributed by atoms with van der Waals surface area (Å²) in [4.78, 5) is 35.9. The van der Waals surface area contributed by atoms with Crippen LogP contribution in [0.4, 0.5) is 14.9 Å². The van der Waals surface area contributed by atoms with Crippen molar-refractivity contribution in [1.29, 1.82) is 0 Å². The number of unbranched alkanes of at least 4 members (excludes halogenated alkanes) is 2. The molecule has 1 aromatic rings. The molecule has 0 radical (unpaired) electrons. The van der Waals surface area contributed by atoms with Crippen molar-refractivity contribution in [3.8, 4) is 0 Å². The first-order valence-electron chi connectivity index (χ1n) is 10.5. The second kappa shape index (κ2) is 9.76. The lowest BCUT2D eigenvalue weighted by Crippen LogP contribution is -2.29. The summed E-state index contributed by atoms with van der Waals surface area (Å²) in [7, 11) is -3.33. The molecule has 1 saturated heterocycles. The first-order valence-corrected chi connectivity index (χ1v) is 12.4. The van der Waals surface area contributed by atoms with E-state index in [0.29, 0.717) is 31.4 Å². The SMILES string of the molecule is C[C@@H](CS(=O)(=O)CCCCCN1CC(=O)NC1=O)c1ccc(F)c(NC(=O)C2CC2)c1. The number of nitrogens with zero attached hydrogens (tertiary/aromatic N) is 1. The van der Waals surface area contributed by atoms with Gasteiger partial charge in [0.25, 0.3) is 0 Å². The first kappa shape index (κ1) is 23.2. The number of hydrogen-bond acceptors (Lipinski definition) is 5. The lowest BCUT2D eigenvalue weighted by atomic mass is 10.0. The summed E-state index contributed by atoms with van der Waals surface area (Å²) >= 11 is 0. The molecule has 0 bridgehead atoms. The fraction of sp³-hybridized carbons (Fsp3) is 0.571. The van der Waals surface area contributed by atoms with Gasteiger partial charge in [-0.2, -0.15) is 0 Å². The Morgan fingerprint density at radius 3 is 2.65 bits per heavy atom. The Balaban J connectivity index is 1.45. The first-order chi connectivity index (χ1) is 14.6. The largest absolute Gasteiger partial charge is 0.324 e. The Labute approximate surface area is 181 Å². The van der Waals surface area contributed by atoms with Crippen LogP contribution < -0.4 is 10.6 Å². The number of anilines is 1. The number of benzene rings is 1. The predicted octanol–water partition coefficient (Wildman–Crippen LogP) is 2.41. The van der Waals surface area contributed by atoms with Gasteiger partial charge >= 0.3 is 6.03 Å². The van der Waals surface area contributed by atoms with E-state index >= 15 is 0 Å². The van der Waals surface area contributed by atoms with E-state index in [2.05, 4.69) is 10.6 Å². The van der Waals surface area contributed by atoms with E-state index in [4.69, 9.17) is 0 Å². The third kappa shape index (κ3) is 6.75. The second-order valence-corrected chi connectivity index (χ2v) is 10.6. The van der Waals surface area contributed by atoms with Crippen LogP contribution in [-0.2, 0) is 19.4 Å². The Hall–Kier alpha value is -2.49. The number of rotatable bonds is 11. The molecule has 0 spiro atoms. The number of halogens is 1. The molecule has 10 heteroatoms. The van der Waals surface area contributed by atoms with Crippen molar-refractivity contribution in [2.45, 2.75) is 44.9 Å². The molecule has 3 rings (SSSR count). The van der Waals surface area contributed by atoms with Crippen molar-refractivity contribution in [3.63, 3.8) is 0 Å². The standard InChI is InChI=1S/C21H28FN3O5S/c1-14(16-7-8-17(22)18(11-16)23-20(27)15-5-6-15)13-31(29,30)10-4-2-3-9-25-12-19(26)24-21(25)28/h7-8,11,14-15H,2-6,9-10,12-13H2,1H3,(H,23,27)(H,24,26,28)/t14-/m0/s1. The monoisotopic (exact) mass is 453 g/mol. The summed E-state index contributed by atoms with van der Waals surface area (Å²) in [5.41, 5.74) is 0.740. The molecule has 2 aliphatic rings. The zero-order valence-electron chi connectivity index (χ0n) is 17.5. The molecular formula is C21H28FN3O5S. The number of carbonyl (C=O) groups is 3. The minimum Gasteiger partial charge on any atom is -0.323 e. The average Bonchev–Trinajstić information content (AvgIpc) is 3.48. The number of amides is 4. The number of sulfone groups is 1. The van der Waals surface area contributed by atoms with Gasteiger partial charge in [-0.3, -0.25) is 14.9 Å². The molecule has 2 fully saturated rings. The van der Waals surface area contributed by atoms with Crippen LogP contribution in [0.5, 0.6) is 0 Å². The zero-order valence-corrected chi connectivity index (χ0v) is 18.3. The van der Waals surface area contributed by atoms with Crippen molar-refractivity contribution >= 4 is 33.4 Å². The molecule has 1 saturated carbocycles. The van der Waals surface area contributed by atoms with Crippen LogP contribution in [0.25, 0.3) is 0 Å². The van der Waals surface area contributed by atoms with Crippen LogP contribution >= 0.6 is 0 Å². The van der Waals surface area contributed by atoms with E-state index in [9.17, 15) is 27.2 Å². The fourth-order valence-electron chi connectivity index (χ4n) is 3.55. The molecule has 1 aliphatic carbocycles. The van der Waals surface area contributed by atoms with Gasteiger partial charge in [-0.05, 0) is 49.3 Å². The summed E-state index contributed by atoms with van der Waals surface area (Å²) in [6.07, 6.45) is 3.33. The molecule has 8 nitrogen and oxygen atoms in total. The predicted molar refractivity (Wildman–Crippen MR) is 114 cm³/mol. The fourth-order valence-corrected chi connectivity index (χ4v) is 5.32. The summed E-state index contributed by atoms with van der Waals surface area (Å²) < 4.78 is 39.0. The van der Waals surface area contributed by atoms with Gasteiger partial charge in [-0.15, -0.1) is 0 Å². The number of carbonyl (C=O) groups excluding carboxylic acids is 3. The Kier molecular flexibility index (Phi) is 7.30. The molecule has 1 aromatic carbocycles. The molecular weight excluding hydrogens is 425 g/mol. The Morgan fingerprint density at radius 1 is 1.26 bits per heavy atom. The summed E-state index contributed by atoms with van der Waals surface area (Å²) in [5, 5.41) is 4.79. The van der Waals surface area contributed by atoms with Crippen LogP contribution in [0.3, 0.4) is 0 Å². The highest BCUT2D eigenvalue weighted by Crippen LogP contribution is 2.31. The maximum absolute atomic E-state index is 14.0. The molecule has 1 heterocycles. The highest BCUT2D eigenvalue weighted by Gasteiger charge is 2.30. The molecule has 0 unspecified atom stereocenters. The average molecular weight is 454 g/mol. The maximum Gasteiger partial charge on any atom is 0.324 e. The summed E-state index contributed by atoms with van der Waals surface area (Å²) in [5.74, 6) is -1.51. The molecule has 170 valence electrons. The molecule has 31 heavy (non-hydrogen) atoms. The van der Waals surface area contributed by atoms with Gasteiger partial charge in [-0.25, -0.2) is 17.6 Å². The lowest BCUT2D eigenvalue weighted by Gasteiger charge is -2.15. The van der Waals surface area contributed by atoms with Gasteiger partial charge in [0.05, 0.1) is 17.2 Å². The van der Waals surface area contributed by atoms with Crippen molar-refractivity contribution in [1.82, 2.24) is 10.2 Å². The molecule has 0 aromatic heterocycles. The van der Waals surface area contributed by atoms with Crippen LogP contribution in [0, 0.1) is 11.7 Å². The van der Waals surface area contributed by atoms with Gasteiger partial charge in [0.15, 0.2) is 9.84 Å². The van der Waals surface area contributed by atoms with Crippen LogP contribution in [0.1, 0.15) is 50.5 Å². The van der Waals surface area contributed by atoms with Gasteiger partial charge in [0.1, 0.15) is 12.4 Å². The van der Waals surface area contributed by atoms with Crippen molar-refractivity contribution in [2.75, 3.05) is 29.9 Å². The smallest absolute Gasteiger partial charge is 0.323 e. The molecule has 1 aliphatic heterocycles. The van der Waals surface area contributed by atoms with Crippen LogP contribution in [0.2, 0.25) is 0 Å². The quantitative estimate of drug-likeness (QED) is 0.395. The van der Waals surface area contributed by atoms with Crippen molar-refractivity contribution in [2.24, 2.45) is 5.92 Å². The number of nitrogens with one attached hydrogen (secondary N) is 2. The maximum atomic E-state index is 14.0. The van der Waals surface area contributed by atoms with E-state index in [1.54, 1.807) is 13.0 Å². The van der Waals surface area contributed by atoms with E-state index in [-0.39, 0.29) is 47.4 Å². The summed E-state index contributed by atoms with van der Waals surface area (Å²) in [6, 6.07) is 3.90. The minimum absolute atomic E-state index is 0.0228. The Morgan fingerprint density at radius 2 is 2.00 bits per heavy atom. The number of hydrogen-bond donors (Lipinski definition) is 2. The van der Waals surface area contributed by atoms with E-state index in [1.807, 2.05) is 0 Å². The van der Waals surface area contributed by atoms with E-state index < -0.39 is 21.7 Å².